The van der Waals surface area contributed by atoms with E-state index in [9.17, 15) is 9.59 Å². The van der Waals surface area contributed by atoms with E-state index in [-0.39, 0.29) is 25.6 Å². The third-order valence-corrected chi connectivity index (χ3v) is 6.89. The lowest BCUT2D eigenvalue weighted by molar-refractivity contribution is 0.0514. The fourth-order valence-electron chi connectivity index (χ4n) is 4.28. The first-order valence-corrected chi connectivity index (χ1v) is 14.4. The molecular formula is C31H41N3O5S. The van der Waals surface area contributed by atoms with Crippen LogP contribution in [-0.4, -0.2) is 34.2 Å². The van der Waals surface area contributed by atoms with Gasteiger partial charge in [-0.2, -0.15) is 0 Å². The molecule has 0 spiro atoms. The van der Waals surface area contributed by atoms with E-state index in [0.29, 0.717) is 15.8 Å². The van der Waals surface area contributed by atoms with Gasteiger partial charge in [0.15, 0.2) is 4.88 Å². The van der Waals surface area contributed by atoms with Crippen molar-refractivity contribution in [1.29, 1.82) is 0 Å². The van der Waals surface area contributed by atoms with Gasteiger partial charge in [0.1, 0.15) is 12.2 Å². The van der Waals surface area contributed by atoms with Crippen LogP contribution < -0.4 is 10.1 Å². The molecule has 40 heavy (non-hydrogen) atoms. The molecule has 9 heteroatoms. The monoisotopic (exact) mass is 567 g/mol. The van der Waals surface area contributed by atoms with E-state index in [4.69, 9.17) is 19.2 Å². The van der Waals surface area contributed by atoms with Crippen molar-refractivity contribution in [3.05, 3.63) is 62.2 Å². The number of aryl methyl sites for hydroxylation is 3. The topological polar surface area (TPSA) is 99.6 Å². The Morgan fingerprint density at radius 2 is 1.70 bits per heavy atom. The van der Waals surface area contributed by atoms with E-state index in [2.05, 4.69) is 48.4 Å². The summed E-state index contributed by atoms with van der Waals surface area (Å²) in [5.41, 5.74) is 5.96. The molecule has 1 N–H and O–H groups in total. The number of esters is 1. The molecule has 3 rings (SSSR count). The average Bonchev–Trinajstić information content (AvgIpc) is 3.22. The predicted octanol–water partition coefficient (Wildman–Crippen LogP) is 7.11. The number of nitrogens with zero attached hydrogens (tertiary/aromatic N) is 2. The highest BCUT2D eigenvalue weighted by Gasteiger charge is 2.24. The molecule has 0 bridgehead atoms. The molecule has 2 aromatic heterocycles. The van der Waals surface area contributed by atoms with Crippen LogP contribution in [0.25, 0.3) is 11.1 Å². The fourth-order valence-corrected chi connectivity index (χ4v) is 5.04. The molecule has 8 nitrogen and oxygen atoms in total. The Morgan fingerprint density at radius 3 is 2.30 bits per heavy atom. The Hall–Kier alpha value is -3.46. The number of nitrogens with one attached hydrogen (secondary N) is 1. The second-order valence-electron chi connectivity index (χ2n) is 11.2. The summed E-state index contributed by atoms with van der Waals surface area (Å²) in [6.45, 7) is 18.0. The minimum Gasteiger partial charge on any atom is -0.471 e. The predicted molar refractivity (Wildman–Crippen MR) is 158 cm³/mol. The number of carbonyl (C=O) groups excluding carboxylic acids is 2. The minimum absolute atomic E-state index is 0.138. The van der Waals surface area contributed by atoms with Crippen LogP contribution in [0.4, 0.5) is 4.79 Å². The Labute approximate surface area is 241 Å². The van der Waals surface area contributed by atoms with Crippen LogP contribution >= 0.6 is 11.3 Å². The summed E-state index contributed by atoms with van der Waals surface area (Å²) in [5, 5.41) is 3.65. The zero-order valence-corrected chi connectivity index (χ0v) is 25.9. The number of hydrogen-bond acceptors (Lipinski definition) is 8. The molecule has 0 aliphatic heterocycles. The van der Waals surface area contributed by atoms with Crippen molar-refractivity contribution in [2.75, 3.05) is 6.61 Å². The van der Waals surface area contributed by atoms with Crippen molar-refractivity contribution in [3.8, 4) is 17.0 Å². The number of ether oxygens (including phenoxy) is 3. The van der Waals surface area contributed by atoms with Crippen molar-refractivity contribution in [3.63, 3.8) is 0 Å². The number of alkyl carbamates (subject to hydrolysis) is 1. The first-order chi connectivity index (χ1) is 18.8. The minimum atomic E-state index is -0.614. The van der Waals surface area contributed by atoms with Crippen LogP contribution in [0.3, 0.4) is 0 Å². The highest BCUT2D eigenvalue weighted by atomic mass is 32.1. The lowest BCUT2D eigenvalue weighted by atomic mass is 9.90. The largest absolute Gasteiger partial charge is 0.471 e. The van der Waals surface area contributed by atoms with Crippen molar-refractivity contribution in [2.45, 2.75) is 87.5 Å². The standard InChI is InChI=1S/C31H41N3O5S/c1-10-37-29(35)27-28(34-21(6)40-27)38-17-24-20(5)33-25(15-18(2)3)23(16-32-30(36)39-31(7,8)9)26(24)22-13-11-19(4)12-14-22/h11-14,18H,10,15-17H2,1-9H3,(H,32,36). The number of hydrogen-bond donors (Lipinski definition) is 1. The fraction of sp³-hybridized carbons (Fsp3) is 0.484. The van der Waals surface area contributed by atoms with E-state index in [1.807, 2.05) is 41.5 Å². The quantitative estimate of drug-likeness (QED) is 0.261. The smallest absolute Gasteiger partial charge is 0.407 e. The van der Waals surface area contributed by atoms with Gasteiger partial charge in [-0.1, -0.05) is 43.7 Å². The van der Waals surface area contributed by atoms with Gasteiger partial charge in [0.25, 0.3) is 0 Å². The van der Waals surface area contributed by atoms with Gasteiger partial charge in [-0.15, -0.1) is 11.3 Å². The summed E-state index contributed by atoms with van der Waals surface area (Å²) in [4.78, 5) is 35.0. The highest BCUT2D eigenvalue weighted by molar-refractivity contribution is 7.13. The lowest BCUT2D eigenvalue weighted by Crippen LogP contribution is -2.32. The molecule has 1 aromatic carbocycles. The van der Waals surface area contributed by atoms with Gasteiger partial charge in [0.2, 0.25) is 5.88 Å². The van der Waals surface area contributed by atoms with Crippen LogP contribution in [0.2, 0.25) is 0 Å². The molecule has 1 amide bonds. The first-order valence-electron chi connectivity index (χ1n) is 13.6. The van der Waals surface area contributed by atoms with Crippen molar-refractivity contribution in [1.82, 2.24) is 15.3 Å². The number of thiazole rings is 1. The van der Waals surface area contributed by atoms with E-state index >= 15 is 0 Å². The van der Waals surface area contributed by atoms with Crippen molar-refractivity contribution in [2.24, 2.45) is 5.92 Å². The van der Waals surface area contributed by atoms with Crippen LogP contribution in [0.15, 0.2) is 24.3 Å². The normalized spacial score (nSPS) is 11.4. The molecule has 216 valence electrons. The molecular weight excluding hydrogens is 526 g/mol. The Kier molecular flexibility index (Phi) is 10.3. The van der Waals surface area contributed by atoms with Crippen molar-refractivity contribution < 1.29 is 23.8 Å². The number of benzene rings is 1. The molecule has 2 heterocycles. The van der Waals surface area contributed by atoms with Crippen LogP contribution in [0.5, 0.6) is 5.88 Å². The van der Waals surface area contributed by atoms with Gasteiger partial charge >= 0.3 is 12.1 Å². The van der Waals surface area contributed by atoms with Crippen LogP contribution in [0.1, 0.15) is 84.3 Å². The molecule has 0 atom stereocenters. The molecule has 0 fully saturated rings. The van der Waals surface area contributed by atoms with E-state index < -0.39 is 17.7 Å². The summed E-state index contributed by atoms with van der Waals surface area (Å²) < 4.78 is 16.9. The number of carbonyl (C=O) groups is 2. The summed E-state index contributed by atoms with van der Waals surface area (Å²) in [6.07, 6.45) is 0.248. The lowest BCUT2D eigenvalue weighted by Gasteiger charge is -2.23. The van der Waals surface area contributed by atoms with Gasteiger partial charge in [0.05, 0.1) is 11.6 Å². The third kappa shape index (κ3) is 8.27. The van der Waals surface area contributed by atoms with Gasteiger partial charge in [0, 0.05) is 29.1 Å². The Bertz CT molecular complexity index is 1340. The number of rotatable bonds is 10. The zero-order chi connectivity index (χ0) is 29.6. The third-order valence-electron chi connectivity index (χ3n) is 5.96. The number of amides is 1. The maximum Gasteiger partial charge on any atom is 0.407 e. The van der Waals surface area contributed by atoms with E-state index in [0.717, 1.165) is 45.6 Å². The second kappa shape index (κ2) is 13.3. The molecule has 0 saturated heterocycles. The molecule has 0 aliphatic rings. The van der Waals surface area contributed by atoms with Gasteiger partial charge in [-0.25, -0.2) is 14.6 Å². The Balaban J connectivity index is 2.11. The van der Waals surface area contributed by atoms with Crippen LogP contribution in [0, 0.1) is 26.7 Å². The summed E-state index contributed by atoms with van der Waals surface area (Å²) in [5.74, 6) is 0.145. The van der Waals surface area contributed by atoms with Gasteiger partial charge in [-0.05, 0) is 71.9 Å². The SMILES string of the molecule is CCOC(=O)c1sc(C)nc1OCc1c(C)nc(CC(C)C)c(CNC(=O)OC(C)(C)C)c1-c1ccc(C)cc1. The maximum atomic E-state index is 12.6. The van der Waals surface area contributed by atoms with Crippen molar-refractivity contribution >= 4 is 23.4 Å². The summed E-state index contributed by atoms with van der Waals surface area (Å²) in [7, 11) is 0. The first kappa shape index (κ1) is 31.1. The molecule has 0 radical (unpaired) electrons. The van der Waals surface area contributed by atoms with Gasteiger partial charge in [-0.3, -0.25) is 4.98 Å². The van der Waals surface area contributed by atoms with Gasteiger partial charge < -0.3 is 19.5 Å². The highest BCUT2D eigenvalue weighted by Crippen LogP contribution is 2.35. The van der Waals surface area contributed by atoms with E-state index in [1.54, 1.807) is 6.92 Å². The molecule has 0 unspecified atom stereocenters. The zero-order valence-electron chi connectivity index (χ0n) is 25.1. The molecule has 0 saturated carbocycles. The number of pyridine rings is 1. The van der Waals surface area contributed by atoms with Crippen LogP contribution in [-0.2, 0) is 29.0 Å². The maximum absolute atomic E-state index is 12.6. The summed E-state index contributed by atoms with van der Waals surface area (Å²) in [6, 6.07) is 8.26. The molecule has 0 aliphatic carbocycles. The number of aromatic nitrogens is 2. The van der Waals surface area contributed by atoms with E-state index in [1.165, 1.54) is 11.3 Å². The molecule has 3 aromatic rings. The second-order valence-corrected chi connectivity index (χ2v) is 12.4. The Morgan fingerprint density at radius 1 is 1.02 bits per heavy atom. The average molecular weight is 568 g/mol. The summed E-state index contributed by atoms with van der Waals surface area (Å²) >= 11 is 1.24.